The van der Waals surface area contributed by atoms with Crippen molar-refractivity contribution in [2.45, 2.75) is 49.8 Å². The summed E-state index contributed by atoms with van der Waals surface area (Å²) in [6.07, 6.45) is -3.28. The highest BCUT2D eigenvalue weighted by atomic mass is 79.9. The van der Waals surface area contributed by atoms with Crippen LogP contribution in [0.25, 0.3) is 0 Å². The molecule has 7 nitrogen and oxygen atoms in total. The molecule has 0 aliphatic carbocycles. The molecule has 2 amide bonds. The molecule has 4 rings (SSSR count). The number of halogens is 5. The zero-order valence-electron chi connectivity index (χ0n) is 26.0. The average Bonchev–Trinajstić information content (AvgIpc) is 3.06. The monoisotopic (exact) mass is 763 g/mol. The summed E-state index contributed by atoms with van der Waals surface area (Å²) in [6.45, 7) is 1.33. The smallest absolute Gasteiger partial charge is 0.354 e. The highest BCUT2D eigenvalue weighted by Crippen LogP contribution is 2.38. The van der Waals surface area contributed by atoms with Crippen LogP contribution in [0.1, 0.15) is 36.5 Å². The Hall–Kier alpha value is -3.87. The van der Waals surface area contributed by atoms with E-state index in [0.29, 0.717) is 33.4 Å². The van der Waals surface area contributed by atoms with E-state index in [1.165, 1.54) is 29.2 Å². The highest BCUT2D eigenvalue weighted by molar-refractivity contribution is 9.10. The largest absolute Gasteiger partial charge is 0.417 e. The van der Waals surface area contributed by atoms with Gasteiger partial charge in [0.05, 0.1) is 21.2 Å². The first-order valence-electron chi connectivity index (χ1n) is 15.1. The zero-order valence-corrected chi connectivity index (χ0v) is 29.1. The summed E-state index contributed by atoms with van der Waals surface area (Å²) in [5.74, 6) is -1.25. The number of unbranched alkanes of at least 4 members (excludes halogenated alkanes) is 1. The van der Waals surface area contributed by atoms with Crippen LogP contribution in [0.3, 0.4) is 0 Å². The molecule has 0 saturated carbocycles. The second kappa shape index (κ2) is 16.5. The van der Waals surface area contributed by atoms with Crippen LogP contribution in [0.4, 0.5) is 18.9 Å². The Bertz CT molecular complexity index is 1810. The predicted octanol–water partition coefficient (Wildman–Crippen LogP) is 7.87. The minimum Gasteiger partial charge on any atom is -0.354 e. The molecule has 48 heavy (non-hydrogen) atoms. The van der Waals surface area contributed by atoms with E-state index >= 15 is 0 Å². The van der Waals surface area contributed by atoms with Gasteiger partial charge in [-0.25, -0.2) is 8.42 Å². The third-order valence-corrected chi connectivity index (χ3v) is 10.1. The van der Waals surface area contributed by atoms with Gasteiger partial charge in [0.2, 0.25) is 11.8 Å². The quantitative estimate of drug-likeness (QED) is 0.133. The SMILES string of the molecule is CCCCNC(=O)[C@@H](Cc1ccccc1)N(Cc1cccc(Br)c1)C(=O)CN(c1ccc(Cl)c(C(F)(F)F)c1)S(=O)(=O)c1ccccc1. The van der Waals surface area contributed by atoms with E-state index in [4.69, 9.17) is 11.6 Å². The summed E-state index contributed by atoms with van der Waals surface area (Å²) in [5, 5.41) is 2.27. The van der Waals surface area contributed by atoms with Crippen molar-refractivity contribution in [3.8, 4) is 0 Å². The summed E-state index contributed by atoms with van der Waals surface area (Å²) in [7, 11) is -4.59. The molecule has 0 bridgehead atoms. The van der Waals surface area contributed by atoms with Crippen molar-refractivity contribution in [1.82, 2.24) is 10.2 Å². The molecule has 13 heteroatoms. The number of carbonyl (C=O) groups excluding carboxylic acids is 2. The molecule has 254 valence electrons. The number of sulfonamides is 1. The van der Waals surface area contributed by atoms with Gasteiger partial charge in [0.1, 0.15) is 12.6 Å². The van der Waals surface area contributed by atoms with Gasteiger partial charge in [0.15, 0.2) is 0 Å². The Kier molecular flexibility index (Phi) is 12.7. The van der Waals surface area contributed by atoms with Gasteiger partial charge in [-0.05, 0) is 60.0 Å². The van der Waals surface area contributed by atoms with Crippen molar-refractivity contribution < 1.29 is 31.2 Å². The molecule has 0 aromatic heterocycles. The molecule has 0 saturated heterocycles. The molecule has 0 radical (unpaired) electrons. The Morgan fingerprint density at radius 1 is 0.896 bits per heavy atom. The number of benzene rings is 4. The van der Waals surface area contributed by atoms with E-state index in [1.807, 2.05) is 25.1 Å². The maximum absolute atomic E-state index is 14.5. The van der Waals surface area contributed by atoms with Crippen molar-refractivity contribution in [3.63, 3.8) is 0 Å². The predicted molar refractivity (Wildman–Crippen MR) is 184 cm³/mol. The summed E-state index contributed by atoms with van der Waals surface area (Å²) >= 11 is 9.30. The molecular formula is C35H34BrClF3N3O4S. The number of rotatable bonds is 14. The fourth-order valence-electron chi connectivity index (χ4n) is 5.03. The van der Waals surface area contributed by atoms with Crippen LogP contribution in [-0.4, -0.2) is 44.3 Å². The van der Waals surface area contributed by atoms with E-state index in [1.54, 1.807) is 42.5 Å². The van der Waals surface area contributed by atoms with Gasteiger partial charge in [-0.3, -0.25) is 13.9 Å². The summed E-state index contributed by atoms with van der Waals surface area (Å²) in [5.41, 5.74) is -0.286. The van der Waals surface area contributed by atoms with Gasteiger partial charge in [0, 0.05) is 24.0 Å². The van der Waals surface area contributed by atoms with Crippen LogP contribution < -0.4 is 9.62 Å². The van der Waals surface area contributed by atoms with Gasteiger partial charge in [0.25, 0.3) is 10.0 Å². The van der Waals surface area contributed by atoms with Crippen molar-refractivity contribution >= 4 is 55.1 Å². The summed E-state index contributed by atoms with van der Waals surface area (Å²) in [4.78, 5) is 29.3. The van der Waals surface area contributed by atoms with E-state index in [0.717, 1.165) is 24.1 Å². The molecular weight excluding hydrogens is 731 g/mol. The molecule has 0 aliphatic heterocycles. The van der Waals surface area contributed by atoms with Gasteiger partial charge in [-0.2, -0.15) is 13.2 Å². The Labute approximate surface area is 291 Å². The maximum Gasteiger partial charge on any atom is 0.417 e. The van der Waals surface area contributed by atoms with Crippen molar-refractivity contribution in [2.75, 3.05) is 17.4 Å². The van der Waals surface area contributed by atoms with E-state index in [9.17, 15) is 31.2 Å². The van der Waals surface area contributed by atoms with Gasteiger partial charge < -0.3 is 10.2 Å². The summed E-state index contributed by atoms with van der Waals surface area (Å²) in [6, 6.07) is 24.8. The average molecular weight is 765 g/mol. The number of amides is 2. The Morgan fingerprint density at radius 3 is 2.17 bits per heavy atom. The first-order chi connectivity index (χ1) is 22.8. The molecule has 0 fully saturated rings. The first-order valence-corrected chi connectivity index (χ1v) is 17.7. The van der Waals surface area contributed by atoms with Crippen LogP contribution in [-0.2, 0) is 38.8 Å². The number of alkyl halides is 3. The number of nitrogens with one attached hydrogen (secondary N) is 1. The number of hydrogen-bond donors (Lipinski definition) is 1. The molecule has 0 spiro atoms. The third kappa shape index (κ3) is 9.61. The fraction of sp³-hybridized carbons (Fsp3) is 0.257. The fourth-order valence-corrected chi connectivity index (χ4v) is 7.12. The van der Waals surface area contributed by atoms with Gasteiger partial charge in [-0.15, -0.1) is 0 Å². The molecule has 0 aliphatic rings. The van der Waals surface area contributed by atoms with E-state index in [2.05, 4.69) is 21.2 Å². The van der Waals surface area contributed by atoms with Crippen LogP contribution >= 0.6 is 27.5 Å². The minimum atomic E-state index is -4.90. The van der Waals surface area contributed by atoms with Gasteiger partial charge >= 0.3 is 6.18 Å². The zero-order chi connectivity index (χ0) is 34.9. The van der Waals surface area contributed by atoms with Crippen molar-refractivity contribution in [2.24, 2.45) is 0 Å². The van der Waals surface area contributed by atoms with Crippen molar-refractivity contribution in [1.29, 1.82) is 0 Å². The lowest BCUT2D eigenvalue weighted by molar-refractivity contribution is -0.140. The van der Waals surface area contributed by atoms with Gasteiger partial charge in [-0.1, -0.05) is 102 Å². The maximum atomic E-state index is 14.5. The Morgan fingerprint density at radius 2 is 1.54 bits per heavy atom. The number of carbonyl (C=O) groups is 2. The van der Waals surface area contributed by atoms with Crippen LogP contribution in [0.15, 0.2) is 112 Å². The third-order valence-electron chi connectivity index (χ3n) is 7.50. The lowest BCUT2D eigenvalue weighted by Gasteiger charge is -2.34. The van der Waals surface area contributed by atoms with Crippen molar-refractivity contribution in [3.05, 3.63) is 129 Å². The van der Waals surface area contributed by atoms with E-state index in [-0.39, 0.29) is 17.9 Å². The number of anilines is 1. The first kappa shape index (κ1) is 37.0. The molecule has 4 aromatic carbocycles. The van der Waals surface area contributed by atoms with Crippen LogP contribution in [0, 0.1) is 0 Å². The summed E-state index contributed by atoms with van der Waals surface area (Å²) < 4.78 is 71.3. The normalized spacial score (nSPS) is 12.3. The topological polar surface area (TPSA) is 86.8 Å². The van der Waals surface area contributed by atoms with Crippen LogP contribution in [0.2, 0.25) is 5.02 Å². The standard InChI is InChI=1S/C35H34BrClF3N3O4S/c1-2-3-19-41-34(45)32(21-25-11-6-4-7-12-25)42(23-26-13-10-14-27(36)20-26)33(44)24-43(48(46,47)29-15-8-5-9-16-29)28-17-18-31(37)30(22-28)35(38,39)40/h4-18,20,22,32H,2-3,19,21,23-24H2,1H3,(H,41,45)/t32-/m1/s1. The molecule has 1 atom stereocenters. The highest BCUT2D eigenvalue weighted by Gasteiger charge is 2.37. The van der Waals surface area contributed by atoms with E-state index < -0.39 is 56.9 Å². The second-order valence-corrected chi connectivity index (χ2v) is 14.2. The molecule has 1 N–H and O–H groups in total. The Balaban J connectivity index is 1.84. The lowest BCUT2D eigenvalue weighted by atomic mass is 10.0. The molecule has 4 aromatic rings. The molecule has 0 heterocycles. The number of nitrogens with zero attached hydrogens (tertiary/aromatic N) is 2. The van der Waals surface area contributed by atoms with Crippen LogP contribution in [0.5, 0.6) is 0 Å². The number of hydrogen-bond acceptors (Lipinski definition) is 4. The lowest BCUT2D eigenvalue weighted by Crippen LogP contribution is -2.53. The second-order valence-electron chi connectivity index (χ2n) is 11.0. The minimum absolute atomic E-state index is 0.0926. The molecule has 0 unspecified atom stereocenters.